The molecular formula is C20H32O6. The lowest BCUT2D eigenvalue weighted by Crippen LogP contribution is -2.57. The van der Waals surface area contributed by atoms with Crippen molar-refractivity contribution in [3.63, 3.8) is 0 Å². The molecule has 0 heterocycles. The number of aliphatic hydroxyl groups is 6. The quantitative estimate of drug-likeness (QED) is 0.333. The summed E-state index contributed by atoms with van der Waals surface area (Å²) in [7, 11) is 0. The van der Waals surface area contributed by atoms with Crippen molar-refractivity contribution in [1.82, 2.24) is 0 Å². The fourth-order valence-corrected chi connectivity index (χ4v) is 7.28. The van der Waals surface area contributed by atoms with Crippen LogP contribution < -0.4 is 0 Å². The number of hydrogen-bond donors (Lipinski definition) is 6. The van der Waals surface area contributed by atoms with Crippen molar-refractivity contribution in [2.24, 2.45) is 28.6 Å². The first-order valence-electron chi connectivity index (χ1n) is 9.66. The van der Waals surface area contributed by atoms with Gasteiger partial charge in [0, 0.05) is 28.6 Å². The topological polar surface area (TPSA) is 121 Å². The van der Waals surface area contributed by atoms with Gasteiger partial charge in [-0.2, -0.15) is 0 Å². The van der Waals surface area contributed by atoms with E-state index in [1.54, 1.807) is 20.8 Å². The highest BCUT2D eigenvalue weighted by molar-refractivity contribution is 5.33. The third-order valence-electron chi connectivity index (χ3n) is 8.74. The monoisotopic (exact) mass is 368 g/mol. The summed E-state index contributed by atoms with van der Waals surface area (Å²) in [4.78, 5) is 0. The van der Waals surface area contributed by atoms with Gasteiger partial charge in [-0.1, -0.05) is 26.0 Å². The van der Waals surface area contributed by atoms with Gasteiger partial charge in [-0.25, -0.2) is 0 Å². The molecule has 4 rings (SSSR count). The Bertz CT molecular complexity index is 644. The van der Waals surface area contributed by atoms with Crippen LogP contribution >= 0.6 is 0 Å². The van der Waals surface area contributed by atoms with Gasteiger partial charge in [0.25, 0.3) is 0 Å². The van der Waals surface area contributed by atoms with Crippen LogP contribution in [-0.4, -0.2) is 66.3 Å². The maximum Gasteiger partial charge on any atom is 0.105 e. The summed E-state index contributed by atoms with van der Waals surface area (Å²) in [6, 6.07) is 0. The van der Waals surface area contributed by atoms with Gasteiger partial charge in [0.05, 0.1) is 30.0 Å². The number of aliphatic hydroxyl groups excluding tert-OH is 4. The number of rotatable bonds is 0. The van der Waals surface area contributed by atoms with E-state index in [0.29, 0.717) is 5.57 Å². The zero-order valence-electron chi connectivity index (χ0n) is 15.8. The van der Waals surface area contributed by atoms with Crippen molar-refractivity contribution in [2.45, 2.75) is 82.1 Å². The zero-order valence-corrected chi connectivity index (χ0v) is 15.8. The minimum absolute atomic E-state index is 0.0602. The van der Waals surface area contributed by atoms with E-state index in [1.807, 2.05) is 0 Å². The minimum atomic E-state index is -1.60. The van der Waals surface area contributed by atoms with Gasteiger partial charge in [0.2, 0.25) is 0 Å². The Morgan fingerprint density at radius 1 is 0.962 bits per heavy atom. The van der Waals surface area contributed by atoms with Crippen LogP contribution in [0.2, 0.25) is 0 Å². The first-order valence-corrected chi connectivity index (χ1v) is 9.66. The first-order chi connectivity index (χ1) is 11.8. The highest BCUT2D eigenvalue weighted by Gasteiger charge is 2.73. The highest BCUT2D eigenvalue weighted by Crippen LogP contribution is 2.68. The van der Waals surface area contributed by atoms with Gasteiger partial charge in [0.15, 0.2) is 0 Å². The molecule has 26 heavy (non-hydrogen) atoms. The predicted octanol–water partition coefficient (Wildman–Crippen LogP) is -0.0557. The van der Waals surface area contributed by atoms with Crippen LogP contribution in [0.1, 0.15) is 46.5 Å². The Kier molecular flexibility index (Phi) is 3.70. The van der Waals surface area contributed by atoms with E-state index >= 15 is 0 Å². The maximum absolute atomic E-state index is 11.6. The third-order valence-corrected chi connectivity index (χ3v) is 8.74. The fourth-order valence-electron chi connectivity index (χ4n) is 7.28. The minimum Gasteiger partial charge on any atom is -0.392 e. The summed E-state index contributed by atoms with van der Waals surface area (Å²) >= 11 is 0. The lowest BCUT2D eigenvalue weighted by atomic mass is 9.60. The molecule has 4 saturated carbocycles. The second-order valence-electron chi connectivity index (χ2n) is 10.2. The van der Waals surface area contributed by atoms with E-state index in [1.165, 1.54) is 0 Å². The van der Waals surface area contributed by atoms with E-state index < -0.39 is 64.2 Å². The summed E-state index contributed by atoms with van der Waals surface area (Å²) in [5.41, 5.74) is -4.05. The van der Waals surface area contributed by atoms with E-state index in [-0.39, 0.29) is 25.7 Å². The molecule has 6 heteroatoms. The SMILES string of the molecule is C=C1[C@@H]2[C@H](O)C[C@@H]3[C@H](O)[C@@]2(C[C@@H](O)[C@@]2(O)[C@H]1C[C@H](O)C2(C)C)C[C@@]3(C)O. The van der Waals surface area contributed by atoms with Crippen LogP contribution in [0.4, 0.5) is 0 Å². The standard InChI is InChI=1S/C20H32O6/c1-9-10-6-13(22)17(2,3)20(10,26)14(23)7-19-8-18(4,25)11(16(19)24)5-12(21)15(9)19/h10-16,21-26H,1,5-8H2,2-4H3/t10-,11+,12+,13-,14+,15+,16-,18+,19-,20-/m0/s1. The molecule has 4 fully saturated rings. The molecule has 0 aliphatic heterocycles. The van der Waals surface area contributed by atoms with Crippen LogP contribution in [0.15, 0.2) is 12.2 Å². The molecule has 6 N–H and O–H groups in total. The molecule has 0 aromatic carbocycles. The molecule has 148 valence electrons. The Morgan fingerprint density at radius 3 is 2.19 bits per heavy atom. The van der Waals surface area contributed by atoms with Gasteiger partial charge in [-0.05, 0) is 32.6 Å². The van der Waals surface area contributed by atoms with Gasteiger partial charge < -0.3 is 30.6 Å². The Labute approximate surface area is 154 Å². The molecule has 0 aromatic rings. The predicted molar refractivity (Wildman–Crippen MR) is 93.9 cm³/mol. The summed E-state index contributed by atoms with van der Waals surface area (Å²) < 4.78 is 0. The lowest BCUT2D eigenvalue weighted by molar-refractivity contribution is -0.176. The van der Waals surface area contributed by atoms with Gasteiger partial charge in [-0.15, -0.1) is 0 Å². The lowest BCUT2D eigenvalue weighted by Gasteiger charge is -2.48. The maximum atomic E-state index is 11.6. The van der Waals surface area contributed by atoms with Crippen LogP contribution in [0, 0.1) is 28.6 Å². The van der Waals surface area contributed by atoms with Crippen molar-refractivity contribution in [3.05, 3.63) is 12.2 Å². The van der Waals surface area contributed by atoms with E-state index in [4.69, 9.17) is 0 Å². The van der Waals surface area contributed by atoms with E-state index in [2.05, 4.69) is 6.58 Å². The van der Waals surface area contributed by atoms with Crippen molar-refractivity contribution in [1.29, 1.82) is 0 Å². The van der Waals surface area contributed by atoms with Crippen molar-refractivity contribution in [2.75, 3.05) is 0 Å². The summed E-state index contributed by atoms with van der Waals surface area (Å²) in [5, 5.41) is 66.2. The van der Waals surface area contributed by atoms with Crippen LogP contribution in [0.3, 0.4) is 0 Å². The number of fused-ring (bicyclic) bond motifs is 2. The fraction of sp³-hybridized carbons (Fsp3) is 0.900. The number of hydrogen-bond acceptors (Lipinski definition) is 6. The molecule has 4 aliphatic carbocycles. The second kappa shape index (κ2) is 5.10. The Balaban J connectivity index is 1.88. The second-order valence-corrected chi connectivity index (χ2v) is 10.2. The smallest absolute Gasteiger partial charge is 0.105 e. The molecule has 1 spiro atoms. The molecule has 10 atom stereocenters. The average molecular weight is 368 g/mol. The summed E-state index contributed by atoms with van der Waals surface area (Å²) in [6.07, 6.45) is -2.87. The Morgan fingerprint density at radius 2 is 1.58 bits per heavy atom. The third kappa shape index (κ3) is 1.88. The van der Waals surface area contributed by atoms with E-state index in [0.717, 1.165) is 0 Å². The Hall–Kier alpha value is -0.500. The molecule has 4 aliphatic rings. The molecular weight excluding hydrogens is 336 g/mol. The van der Waals surface area contributed by atoms with E-state index in [9.17, 15) is 30.6 Å². The molecule has 0 saturated heterocycles. The van der Waals surface area contributed by atoms with Crippen LogP contribution in [0.25, 0.3) is 0 Å². The molecule has 6 nitrogen and oxygen atoms in total. The molecule has 0 unspecified atom stereocenters. The normalized spacial score (nSPS) is 61.1. The summed E-state index contributed by atoms with van der Waals surface area (Å²) in [5.74, 6) is -1.58. The zero-order chi connectivity index (χ0) is 19.4. The summed E-state index contributed by atoms with van der Waals surface area (Å²) in [6.45, 7) is 9.34. The average Bonchev–Trinajstić information content (AvgIpc) is 2.73. The van der Waals surface area contributed by atoms with Gasteiger partial charge in [-0.3, -0.25) is 0 Å². The van der Waals surface area contributed by atoms with Crippen molar-refractivity contribution in [3.8, 4) is 0 Å². The van der Waals surface area contributed by atoms with Gasteiger partial charge >= 0.3 is 0 Å². The molecule has 0 aromatic heterocycles. The largest absolute Gasteiger partial charge is 0.392 e. The first kappa shape index (κ1) is 18.8. The molecule has 0 radical (unpaired) electrons. The molecule has 0 amide bonds. The van der Waals surface area contributed by atoms with Crippen molar-refractivity contribution < 1.29 is 30.6 Å². The van der Waals surface area contributed by atoms with Gasteiger partial charge in [0.1, 0.15) is 5.60 Å². The highest BCUT2D eigenvalue weighted by atomic mass is 16.4. The van der Waals surface area contributed by atoms with Crippen molar-refractivity contribution >= 4 is 0 Å². The van der Waals surface area contributed by atoms with Crippen LogP contribution in [0.5, 0.6) is 0 Å². The molecule has 2 bridgehead atoms. The van der Waals surface area contributed by atoms with Crippen LogP contribution in [-0.2, 0) is 0 Å².